The van der Waals surface area contributed by atoms with Gasteiger partial charge in [0.1, 0.15) is 0 Å². The van der Waals surface area contributed by atoms with Crippen LogP contribution in [0.3, 0.4) is 0 Å². The number of halogens is 2. The van der Waals surface area contributed by atoms with E-state index in [1.54, 1.807) is 6.07 Å². The molecule has 0 radical (unpaired) electrons. The first-order chi connectivity index (χ1) is 14.1. The Balaban J connectivity index is 1.51. The van der Waals surface area contributed by atoms with Crippen LogP contribution in [0.5, 0.6) is 0 Å². The summed E-state index contributed by atoms with van der Waals surface area (Å²) in [6.45, 7) is 10.3. The van der Waals surface area contributed by atoms with E-state index < -0.39 is 7.12 Å². The maximum absolute atomic E-state index is 14.1. The van der Waals surface area contributed by atoms with Gasteiger partial charge in [0, 0.05) is 5.56 Å². The minimum atomic E-state index is -1.06. The Kier molecular flexibility index (Phi) is 7.09. The minimum absolute atomic E-state index is 0.0153. The van der Waals surface area contributed by atoms with E-state index in [1.807, 2.05) is 0 Å². The molecule has 0 atom stereocenters. The molecule has 0 bridgehead atoms. The van der Waals surface area contributed by atoms with Gasteiger partial charge in [-0.3, -0.25) is 0 Å². The third kappa shape index (κ3) is 4.37. The van der Waals surface area contributed by atoms with Crippen LogP contribution in [0, 0.1) is 16.6 Å². The van der Waals surface area contributed by atoms with Crippen molar-refractivity contribution in [3.05, 3.63) is 23.5 Å². The first-order valence-electron chi connectivity index (χ1n) is 10.7. The SMILES string of the molecule is CCC(C)(C)C1(C(=O)NCCCNc2cc(F)c3c(c2)B(O)OC3)CC(C)([I-]C)C1. The van der Waals surface area contributed by atoms with Gasteiger partial charge in [-0.25, -0.2) is 4.39 Å². The van der Waals surface area contributed by atoms with Crippen LogP contribution in [0.15, 0.2) is 12.1 Å². The Morgan fingerprint density at radius 3 is 2.70 bits per heavy atom. The van der Waals surface area contributed by atoms with E-state index in [1.165, 1.54) is 6.07 Å². The van der Waals surface area contributed by atoms with E-state index in [2.05, 4.69) is 43.3 Å². The number of carbonyl (C=O) groups is 1. The standard InChI is InChI=1S/C22H34BFIN2O3/c1-6-20(2,3)22(13-21(4,14-22)25-5)19(28)27-9-7-8-26-15-10-17-16(18(24)11-15)12-30-23(17)29/h10-11,26,29H,6-9,12-14H2,1-5H3,(H,27,28)/q-1. The molecule has 1 aromatic rings. The Bertz CT molecular complexity index is 799. The molecule has 3 N–H and O–H groups in total. The Hall–Kier alpha value is -0.865. The molecule has 3 rings (SSSR count). The van der Waals surface area contributed by atoms with Crippen molar-refractivity contribution in [2.45, 2.75) is 63.4 Å². The van der Waals surface area contributed by atoms with Crippen LogP contribution < -0.4 is 37.3 Å². The third-order valence-electron chi connectivity index (χ3n) is 7.26. The van der Waals surface area contributed by atoms with E-state index in [0.717, 1.165) is 25.7 Å². The second-order valence-electron chi connectivity index (χ2n) is 9.50. The van der Waals surface area contributed by atoms with E-state index in [4.69, 9.17) is 4.65 Å². The average Bonchev–Trinajstić information content (AvgIpc) is 3.06. The fourth-order valence-electron chi connectivity index (χ4n) is 4.70. The predicted molar refractivity (Wildman–Crippen MR) is 115 cm³/mol. The summed E-state index contributed by atoms with van der Waals surface area (Å²) in [5.41, 5.74) is 1.25. The van der Waals surface area contributed by atoms with Crippen molar-refractivity contribution in [3.63, 3.8) is 0 Å². The first kappa shape index (κ1) is 23.8. The van der Waals surface area contributed by atoms with Gasteiger partial charge in [0.15, 0.2) is 0 Å². The van der Waals surface area contributed by atoms with Crippen LogP contribution in [0.4, 0.5) is 10.1 Å². The molecular formula is C22H34BFIN2O3-. The molecule has 0 spiro atoms. The van der Waals surface area contributed by atoms with Crippen molar-refractivity contribution in [1.82, 2.24) is 5.32 Å². The topological polar surface area (TPSA) is 70.6 Å². The fourth-order valence-corrected chi connectivity index (χ4v) is 6.77. The molecular weight excluding hydrogens is 497 g/mol. The molecule has 1 aliphatic carbocycles. The number of rotatable bonds is 9. The molecule has 1 aliphatic heterocycles. The quantitative estimate of drug-likeness (QED) is 0.177. The monoisotopic (exact) mass is 531 g/mol. The summed E-state index contributed by atoms with van der Waals surface area (Å²) < 4.78 is 19.6. The number of anilines is 1. The van der Waals surface area contributed by atoms with E-state index in [-0.39, 0.29) is 50.4 Å². The summed E-state index contributed by atoms with van der Waals surface area (Å²) >= 11 is 0.107. The summed E-state index contributed by atoms with van der Waals surface area (Å²) in [7, 11) is -1.06. The van der Waals surface area contributed by atoms with Gasteiger partial charge >= 0.3 is 164 Å². The van der Waals surface area contributed by atoms with Gasteiger partial charge in [-0.15, -0.1) is 0 Å². The van der Waals surface area contributed by atoms with Crippen molar-refractivity contribution in [1.29, 1.82) is 0 Å². The predicted octanol–water partition coefficient (Wildman–Crippen LogP) is -0.344. The molecule has 168 valence electrons. The molecule has 1 saturated carbocycles. The van der Waals surface area contributed by atoms with Crippen LogP contribution in [0.25, 0.3) is 0 Å². The van der Waals surface area contributed by atoms with Crippen molar-refractivity contribution < 1.29 is 40.1 Å². The zero-order valence-corrected chi connectivity index (χ0v) is 20.9. The average molecular weight is 531 g/mol. The van der Waals surface area contributed by atoms with Crippen LogP contribution >= 0.6 is 0 Å². The number of nitrogens with one attached hydrogen (secondary N) is 2. The molecule has 1 heterocycles. The zero-order chi connectivity index (χ0) is 22.2. The van der Waals surface area contributed by atoms with Gasteiger partial charge in [0.25, 0.3) is 0 Å². The number of benzene rings is 1. The van der Waals surface area contributed by atoms with Crippen LogP contribution in [-0.2, 0) is 16.1 Å². The van der Waals surface area contributed by atoms with Crippen LogP contribution in [0.2, 0.25) is 0 Å². The van der Waals surface area contributed by atoms with E-state index >= 15 is 0 Å². The van der Waals surface area contributed by atoms with Gasteiger partial charge in [0.2, 0.25) is 0 Å². The van der Waals surface area contributed by atoms with Gasteiger partial charge in [-0.2, -0.15) is 0 Å². The number of hydrogen-bond acceptors (Lipinski definition) is 4. The van der Waals surface area contributed by atoms with Crippen LogP contribution in [-0.4, -0.2) is 39.5 Å². The molecule has 0 unspecified atom stereocenters. The summed E-state index contributed by atoms with van der Waals surface area (Å²) in [5.74, 6) is -0.177. The molecule has 0 saturated heterocycles. The van der Waals surface area contributed by atoms with Crippen molar-refractivity contribution in [2.24, 2.45) is 10.8 Å². The Morgan fingerprint density at radius 2 is 2.07 bits per heavy atom. The van der Waals surface area contributed by atoms with Gasteiger partial charge in [0.05, 0.1) is 6.61 Å². The number of hydrogen-bond donors (Lipinski definition) is 3. The molecule has 0 aromatic heterocycles. The van der Waals surface area contributed by atoms with Crippen LogP contribution in [0.1, 0.15) is 58.9 Å². The zero-order valence-electron chi connectivity index (χ0n) is 18.7. The fraction of sp³-hybridized carbons (Fsp3) is 0.682. The maximum atomic E-state index is 14.1. The Labute approximate surface area is 190 Å². The molecule has 1 aromatic carbocycles. The summed E-state index contributed by atoms with van der Waals surface area (Å²) in [4.78, 5) is 15.5. The molecule has 8 heteroatoms. The summed E-state index contributed by atoms with van der Waals surface area (Å²) in [6, 6.07) is 3.16. The van der Waals surface area contributed by atoms with Gasteiger partial charge in [-0.1, -0.05) is 0 Å². The van der Waals surface area contributed by atoms with Crippen molar-refractivity contribution in [2.75, 3.05) is 23.3 Å². The van der Waals surface area contributed by atoms with Gasteiger partial charge < -0.3 is 9.68 Å². The summed E-state index contributed by atoms with van der Waals surface area (Å²) in [6.07, 6.45) is 3.71. The third-order valence-corrected chi connectivity index (χ3v) is 10.6. The van der Waals surface area contributed by atoms with Crippen molar-refractivity contribution in [3.8, 4) is 0 Å². The van der Waals surface area contributed by atoms with E-state index in [9.17, 15) is 14.2 Å². The number of amides is 1. The molecule has 5 nitrogen and oxygen atoms in total. The van der Waals surface area contributed by atoms with Gasteiger partial charge in [-0.05, 0) is 0 Å². The summed E-state index contributed by atoms with van der Waals surface area (Å²) in [5, 5.41) is 16.1. The normalized spacial score (nSPS) is 25.8. The second kappa shape index (κ2) is 8.94. The number of carbonyl (C=O) groups excluding carboxylic acids is 1. The Morgan fingerprint density at radius 1 is 1.37 bits per heavy atom. The first-order valence-corrected chi connectivity index (χ1v) is 14.0. The number of alkyl halides is 2. The second-order valence-corrected chi connectivity index (χ2v) is 13.2. The molecule has 1 amide bonds. The molecule has 1 fully saturated rings. The number of fused-ring (bicyclic) bond motifs is 1. The molecule has 2 aliphatic rings. The molecule has 30 heavy (non-hydrogen) atoms. The van der Waals surface area contributed by atoms with Crippen molar-refractivity contribution >= 4 is 24.2 Å². The van der Waals surface area contributed by atoms with E-state index in [0.29, 0.717) is 33.2 Å².